The van der Waals surface area contributed by atoms with Crippen molar-refractivity contribution in [2.45, 2.75) is 6.92 Å². The van der Waals surface area contributed by atoms with Crippen LogP contribution in [0.3, 0.4) is 0 Å². The number of aryl methyl sites for hydroxylation is 1. The monoisotopic (exact) mass is 396 g/mol. The molecular formula is C21H21ClN4O2. The van der Waals surface area contributed by atoms with Crippen LogP contribution in [0.5, 0.6) is 0 Å². The smallest absolute Gasteiger partial charge is 0.259 e. The first kappa shape index (κ1) is 18.5. The molecule has 2 aromatic carbocycles. The molecule has 1 aliphatic rings. The molecular weight excluding hydrogens is 376 g/mol. The van der Waals surface area contributed by atoms with Crippen LogP contribution < -0.4 is 10.2 Å². The SMILES string of the molecule is Cc1cc(NC(=O)c2cn[nH]c2-c2ccc(Cl)cc2)ccc1N1CCOCC1. The first-order chi connectivity index (χ1) is 13.6. The molecule has 1 saturated heterocycles. The van der Waals surface area contributed by atoms with Crippen LogP contribution in [0.2, 0.25) is 5.02 Å². The summed E-state index contributed by atoms with van der Waals surface area (Å²) in [7, 11) is 0. The first-order valence-corrected chi connectivity index (χ1v) is 9.53. The number of hydrogen-bond acceptors (Lipinski definition) is 4. The summed E-state index contributed by atoms with van der Waals surface area (Å²) in [6.07, 6.45) is 1.54. The second kappa shape index (κ2) is 8.04. The zero-order valence-electron chi connectivity index (χ0n) is 15.5. The molecule has 2 heterocycles. The molecule has 144 valence electrons. The Morgan fingerprint density at radius 1 is 1.18 bits per heavy atom. The summed E-state index contributed by atoms with van der Waals surface area (Å²) in [6.45, 7) is 5.30. The Labute approximate surface area is 168 Å². The molecule has 1 aromatic heterocycles. The number of anilines is 2. The average molecular weight is 397 g/mol. The van der Waals surface area contributed by atoms with E-state index in [1.165, 1.54) is 11.9 Å². The molecule has 4 rings (SSSR count). The van der Waals surface area contributed by atoms with Gasteiger partial charge in [-0.2, -0.15) is 5.10 Å². The van der Waals surface area contributed by atoms with Crippen molar-refractivity contribution in [3.8, 4) is 11.3 Å². The summed E-state index contributed by atoms with van der Waals surface area (Å²) in [4.78, 5) is 15.1. The fourth-order valence-electron chi connectivity index (χ4n) is 3.39. The van der Waals surface area contributed by atoms with Gasteiger partial charge in [0, 0.05) is 35.1 Å². The maximum atomic E-state index is 12.8. The van der Waals surface area contributed by atoms with Crippen molar-refractivity contribution in [1.82, 2.24) is 10.2 Å². The molecule has 1 aliphatic heterocycles. The number of morpholine rings is 1. The van der Waals surface area contributed by atoms with Crippen molar-refractivity contribution < 1.29 is 9.53 Å². The van der Waals surface area contributed by atoms with Crippen LogP contribution in [0, 0.1) is 6.92 Å². The zero-order chi connectivity index (χ0) is 19.5. The lowest BCUT2D eigenvalue weighted by Crippen LogP contribution is -2.36. The van der Waals surface area contributed by atoms with E-state index in [2.05, 4.69) is 27.3 Å². The highest BCUT2D eigenvalue weighted by Gasteiger charge is 2.17. The largest absolute Gasteiger partial charge is 0.378 e. The third-order valence-corrected chi connectivity index (χ3v) is 5.08. The fraction of sp³-hybridized carbons (Fsp3) is 0.238. The van der Waals surface area contributed by atoms with Gasteiger partial charge in [0.15, 0.2) is 0 Å². The molecule has 0 spiro atoms. The summed E-state index contributed by atoms with van der Waals surface area (Å²) in [6, 6.07) is 13.2. The van der Waals surface area contributed by atoms with Crippen molar-refractivity contribution in [2.24, 2.45) is 0 Å². The van der Waals surface area contributed by atoms with Crippen LogP contribution in [0.25, 0.3) is 11.3 Å². The van der Waals surface area contributed by atoms with Gasteiger partial charge in [-0.05, 0) is 42.8 Å². The van der Waals surface area contributed by atoms with Gasteiger partial charge in [0.25, 0.3) is 5.91 Å². The van der Waals surface area contributed by atoms with E-state index in [4.69, 9.17) is 16.3 Å². The van der Waals surface area contributed by atoms with Gasteiger partial charge in [-0.25, -0.2) is 0 Å². The second-order valence-electron chi connectivity index (χ2n) is 6.72. The zero-order valence-corrected chi connectivity index (χ0v) is 16.3. The number of hydrogen-bond donors (Lipinski definition) is 2. The standard InChI is InChI=1S/C21H21ClN4O2/c1-14-12-17(6-7-19(14)26-8-10-28-11-9-26)24-21(27)18-13-23-25-20(18)15-2-4-16(22)5-3-15/h2-7,12-13H,8-11H2,1H3,(H,23,25)(H,24,27). The summed E-state index contributed by atoms with van der Waals surface area (Å²) in [5.74, 6) is -0.211. The molecule has 0 aliphatic carbocycles. The van der Waals surface area contributed by atoms with E-state index in [0.29, 0.717) is 16.3 Å². The van der Waals surface area contributed by atoms with Gasteiger partial charge in [0.05, 0.1) is 30.7 Å². The molecule has 0 saturated carbocycles. The van der Waals surface area contributed by atoms with Crippen molar-refractivity contribution in [3.05, 3.63) is 64.8 Å². The summed E-state index contributed by atoms with van der Waals surface area (Å²) < 4.78 is 5.42. The number of ether oxygens (including phenoxy) is 1. The van der Waals surface area contributed by atoms with E-state index in [-0.39, 0.29) is 5.91 Å². The number of benzene rings is 2. The Morgan fingerprint density at radius 2 is 1.93 bits per heavy atom. The van der Waals surface area contributed by atoms with E-state index in [0.717, 1.165) is 43.1 Å². The van der Waals surface area contributed by atoms with Gasteiger partial charge in [-0.15, -0.1) is 0 Å². The molecule has 0 unspecified atom stereocenters. The third-order valence-electron chi connectivity index (χ3n) is 4.82. The average Bonchev–Trinajstić information content (AvgIpc) is 3.19. The molecule has 2 N–H and O–H groups in total. The van der Waals surface area contributed by atoms with Crippen LogP contribution in [-0.4, -0.2) is 42.4 Å². The maximum Gasteiger partial charge on any atom is 0.259 e. The number of nitrogens with zero attached hydrogens (tertiary/aromatic N) is 2. The van der Waals surface area contributed by atoms with E-state index in [1.54, 1.807) is 12.1 Å². The molecule has 0 bridgehead atoms. The molecule has 28 heavy (non-hydrogen) atoms. The lowest BCUT2D eigenvalue weighted by Gasteiger charge is -2.30. The van der Waals surface area contributed by atoms with Crippen molar-refractivity contribution in [3.63, 3.8) is 0 Å². The number of aromatic amines is 1. The van der Waals surface area contributed by atoms with E-state index < -0.39 is 0 Å². The van der Waals surface area contributed by atoms with Crippen LogP contribution in [-0.2, 0) is 4.74 Å². The number of carbonyl (C=O) groups excluding carboxylic acids is 1. The van der Waals surface area contributed by atoms with Gasteiger partial charge in [-0.3, -0.25) is 9.89 Å². The van der Waals surface area contributed by atoms with Gasteiger partial charge < -0.3 is 15.0 Å². The number of nitrogens with one attached hydrogen (secondary N) is 2. The minimum atomic E-state index is -0.211. The molecule has 6 nitrogen and oxygen atoms in total. The number of H-pyrrole nitrogens is 1. The van der Waals surface area contributed by atoms with Crippen LogP contribution >= 0.6 is 11.6 Å². The molecule has 7 heteroatoms. The predicted octanol–water partition coefficient (Wildman–Crippen LogP) is 4.13. The number of halogens is 1. The van der Waals surface area contributed by atoms with Gasteiger partial charge in [-0.1, -0.05) is 23.7 Å². The molecule has 1 amide bonds. The van der Waals surface area contributed by atoms with Crippen molar-refractivity contribution >= 4 is 28.9 Å². The summed E-state index contributed by atoms with van der Waals surface area (Å²) >= 11 is 5.95. The Hall–Kier alpha value is -2.83. The van der Waals surface area contributed by atoms with Gasteiger partial charge in [0.2, 0.25) is 0 Å². The van der Waals surface area contributed by atoms with Crippen LogP contribution in [0.4, 0.5) is 11.4 Å². The highest BCUT2D eigenvalue weighted by atomic mass is 35.5. The number of amides is 1. The maximum absolute atomic E-state index is 12.8. The highest BCUT2D eigenvalue weighted by Crippen LogP contribution is 2.26. The van der Waals surface area contributed by atoms with Gasteiger partial charge >= 0.3 is 0 Å². The van der Waals surface area contributed by atoms with Crippen molar-refractivity contribution in [1.29, 1.82) is 0 Å². The van der Waals surface area contributed by atoms with E-state index in [9.17, 15) is 4.79 Å². The molecule has 3 aromatic rings. The molecule has 1 fully saturated rings. The second-order valence-corrected chi connectivity index (χ2v) is 7.16. The Balaban J connectivity index is 1.52. The Bertz CT molecular complexity index is 978. The van der Waals surface area contributed by atoms with Crippen LogP contribution in [0.15, 0.2) is 48.7 Å². The van der Waals surface area contributed by atoms with E-state index in [1.807, 2.05) is 30.3 Å². The first-order valence-electron chi connectivity index (χ1n) is 9.16. The minimum absolute atomic E-state index is 0.211. The molecule has 0 atom stereocenters. The van der Waals surface area contributed by atoms with Gasteiger partial charge in [0.1, 0.15) is 0 Å². The fourth-order valence-corrected chi connectivity index (χ4v) is 3.51. The number of carbonyl (C=O) groups is 1. The lowest BCUT2D eigenvalue weighted by molar-refractivity contribution is 0.102. The third kappa shape index (κ3) is 3.88. The highest BCUT2D eigenvalue weighted by molar-refractivity contribution is 6.30. The topological polar surface area (TPSA) is 70.2 Å². The number of aromatic nitrogens is 2. The normalized spacial score (nSPS) is 14.1. The Morgan fingerprint density at radius 3 is 2.64 bits per heavy atom. The molecule has 0 radical (unpaired) electrons. The van der Waals surface area contributed by atoms with Crippen LogP contribution in [0.1, 0.15) is 15.9 Å². The van der Waals surface area contributed by atoms with E-state index >= 15 is 0 Å². The summed E-state index contributed by atoms with van der Waals surface area (Å²) in [5, 5.41) is 10.6. The summed E-state index contributed by atoms with van der Waals surface area (Å²) in [5.41, 5.74) is 5.04. The predicted molar refractivity (Wildman–Crippen MR) is 111 cm³/mol. The lowest BCUT2D eigenvalue weighted by atomic mass is 10.1. The minimum Gasteiger partial charge on any atom is -0.378 e. The number of rotatable bonds is 4. The van der Waals surface area contributed by atoms with Crippen molar-refractivity contribution in [2.75, 3.05) is 36.5 Å². The quantitative estimate of drug-likeness (QED) is 0.695. The Kier molecular flexibility index (Phi) is 5.32.